The van der Waals surface area contributed by atoms with Crippen molar-refractivity contribution in [1.82, 2.24) is 25.3 Å². The number of piperazine rings is 1. The van der Waals surface area contributed by atoms with Crippen LogP contribution in [0.2, 0.25) is 0 Å². The number of nitrogens with zero attached hydrogens (tertiary/aromatic N) is 3. The van der Waals surface area contributed by atoms with Gasteiger partial charge in [-0.2, -0.15) is 0 Å². The van der Waals surface area contributed by atoms with Crippen LogP contribution in [0.25, 0.3) is 0 Å². The molecule has 3 aliphatic heterocycles. The number of anilines is 1. The number of β-lactam (4-membered cyclic amide) rings is 1. The molecule has 21 nitrogen and oxygen atoms in total. The summed E-state index contributed by atoms with van der Waals surface area (Å²) >= 11 is 1.01. The number of thioether (sulfide) groups is 1. The third-order valence-corrected chi connectivity index (χ3v) is 9.43. The van der Waals surface area contributed by atoms with E-state index < -0.39 is 95.8 Å². The van der Waals surface area contributed by atoms with E-state index in [1.54, 1.807) is 6.92 Å². The van der Waals surface area contributed by atoms with Crippen LogP contribution in [0, 0.1) is 0 Å². The van der Waals surface area contributed by atoms with Gasteiger partial charge >= 0.3 is 71.4 Å². The third kappa shape index (κ3) is 9.08. The molecule has 7 N–H and O–H groups in total. The van der Waals surface area contributed by atoms with Crippen molar-refractivity contribution in [2.45, 2.75) is 37.0 Å². The predicted molar refractivity (Wildman–Crippen MR) is 176 cm³/mol. The molecule has 1 aromatic carbocycles. The van der Waals surface area contributed by atoms with Crippen molar-refractivity contribution in [2.75, 3.05) is 51.0 Å². The first-order chi connectivity index (χ1) is 24.6. The summed E-state index contributed by atoms with van der Waals surface area (Å²) in [5, 5.41) is 24.9. The van der Waals surface area contributed by atoms with Gasteiger partial charge in [0.15, 0.2) is 0 Å². The Morgan fingerprint density at radius 1 is 1.06 bits per heavy atom. The minimum absolute atomic E-state index is 0. The van der Waals surface area contributed by atoms with Crippen molar-refractivity contribution < 1.29 is 98.6 Å². The number of benzene rings is 1. The van der Waals surface area contributed by atoms with Crippen molar-refractivity contribution in [3.05, 3.63) is 41.1 Å². The number of hydrogen-bond acceptors (Lipinski definition) is 14. The van der Waals surface area contributed by atoms with E-state index in [4.69, 9.17) is 25.1 Å². The number of amides is 7. The topological polar surface area (TPSA) is 294 Å². The summed E-state index contributed by atoms with van der Waals surface area (Å²) in [4.78, 5) is 116. The fraction of sp³-hybridized carbons (Fsp3) is 0.433. The zero-order valence-electron chi connectivity index (χ0n) is 29.9. The van der Waals surface area contributed by atoms with Crippen molar-refractivity contribution in [1.29, 1.82) is 0 Å². The zero-order valence-corrected chi connectivity index (χ0v) is 31.7. The Morgan fingerprint density at radius 3 is 2.28 bits per heavy atom. The second kappa shape index (κ2) is 17.9. The Balaban J connectivity index is 0.00000504. The Morgan fingerprint density at radius 2 is 1.72 bits per heavy atom. The number of esters is 1. The molecule has 0 radical (unpaired) electrons. The number of ether oxygens (including phenoxy) is 3. The molecule has 4 atom stereocenters. The molecule has 0 aliphatic carbocycles. The molecule has 23 heteroatoms. The van der Waals surface area contributed by atoms with E-state index in [-0.39, 0.29) is 73.2 Å². The molecule has 0 aromatic heterocycles. The van der Waals surface area contributed by atoms with Crippen LogP contribution < -0.4 is 51.2 Å². The summed E-state index contributed by atoms with van der Waals surface area (Å²) in [6.45, 7) is 1.82. The normalized spacial score (nSPS) is 20.6. The molecule has 4 rings (SSSR count). The number of carbonyl (C=O) groups is 9. The molecule has 0 saturated carbocycles. The van der Waals surface area contributed by atoms with Gasteiger partial charge in [0.25, 0.3) is 11.6 Å². The van der Waals surface area contributed by atoms with Crippen molar-refractivity contribution in [3.8, 4) is 0 Å². The van der Waals surface area contributed by atoms with E-state index in [9.17, 15) is 48.3 Å². The van der Waals surface area contributed by atoms with Crippen LogP contribution in [-0.2, 0) is 47.8 Å². The Kier molecular flexibility index (Phi) is 14.4. The van der Waals surface area contributed by atoms with Gasteiger partial charge < -0.3 is 47.1 Å². The number of methoxy groups -OCH3 is 1. The molecule has 7 amide bonds. The monoisotopic (exact) mass is 773 g/mol. The van der Waals surface area contributed by atoms with Gasteiger partial charge in [0.1, 0.15) is 36.4 Å². The van der Waals surface area contributed by atoms with Gasteiger partial charge in [-0.25, -0.2) is 14.4 Å². The standard InChI is InChI=1S/C30H35N7O14S.Na.H/c1-4-35-9-10-36(23(41)22(35)40)28(47)33-19(15-5-7-17(8-6-15)32-29(48)51-12-18(31)24(42)43)21(39)34-30(49-3)26(46)37-20(25(44)45)16(11-50-14(2)38)13-52-27(30)37;;/h5-8,18-19,27H,4,9-13,31H2,1-3H3,(H,32,48)(H,33,47)(H,34,39)(H,42,43)(H,44,45);;/q;+1;-1/t18-,19-,27-,30+;;/m1../s1. The van der Waals surface area contributed by atoms with E-state index in [1.807, 2.05) is 0 Å². The quantitative estimate of drug-likeness (QED) is 0.0362. The van der Waals surface area contributed by atoms with Gasteiger partial charge in [-0.1, -0.05) is 12.1 Å². The van der Waals surface area contributed by atoms with Crippen LogP contribution >= 0.6 is 11.8 Å². The molecule has 1 aromatic rings. The second-order valence-corrected chi connectivity index (χ2v) is 12.4. The number of aliphatic carboxylic acids is 2. The van der Waals surface area contributed by atoms with E-state index in [1.165, 1.54) is 29.2 Å². The first-order valence-corrected chi connectivity index (χ1v) is 16.5. The van der Waals surface area contributed by atoms with E-state index >= 15 is 0 Å². The van der Waals surface area contributed by atoms with Crippen molar-refractivity contribution >= 4 is 71.1 Å². The van der Waals surface area contributed by atoms with Crippen LogP contribution in [-0.4, -0.2) is 141 Å². The fourth-order valence-corrected chi connectivity index (χ4v) is 6.74. The van der Waals surface area contributed by atoms with Crippen LogP contribution in [0.3, 0.4) is 0 Å². The average molecular weight is 774 g/mol. The number of rotatable bonds is 13. The number of likely N-dealkylation sites (N-methyl/N-ethyl adjacent to an activating group) is 1. The summed E-state index contributed by atoms with van der Waals surface area (Å²) in [6, 6.07) is 0.912. The maximum Gasteiger partial charge on any atom is 1.00 e. The van der Waals surface area contributed by atoms with Gasteiger partial charge in [-0.3, -0.25) is 43.9 Å². The molecule has 53 heavy (non-hydrogen) atoms. The maximum atomic E-state index is 14.0. The number of fused-ring (bicyclic) bond motifs is 1. The fourth-order valence-electron chi connectivity index (χ4n) is 5.32. The minimum atomic E-state index is -2.14. The number of carbonyl (C=O) groups excluding carboxylic acids is 7. The second-order valence-electron chi connectivity index (χ2n) is 11.3. The average Bonchev–Trinajstić information content (AvgIpc) is 3.11. The molecule has 3 heterocycles. The molecular weight excluding hydrogens is 737 g/mol. The van der Waals surface area contributed by atoms with E-state index in [2.05, 4.69) is 16.0 Å². The number of nitrogens with one attached hydrogen (secondary N) is 3. The number of hydrogen-bond donors (Lipinski definition) is 6. The number of nitrogens with two attached hydrogens (primary N) is 1. The SMILES string of the molecule is CCN1CCN(C(=O)N[C@@H](C(=O)N[C@]2(OC)C(=O)N3C(C(=O)O)=C(COC(C)=O)CS[C@@H]32)c2ccc(NC(=O)OC[C@@H](N)C(=O)O)cc2)C(=O)C1=O.[H-].[Na+]. The van der Waals surface area contributed by atoms with Crippen LogP contribution in [0.5, 0.6) is 0 Å². The molecule has 282 valence electrons. The molecular formula is C30H36N7NaO14S. The number of imide groups is 1. The van der Waals surface area contributed by atoms with E-state index in [0.717, 1.165) is 30.7 Å². The minimum Gasteiger partial charge on any atom is -1.00 e. The molecule has 0 spiro atoms. The predicted octanol–water partition coefficient (Wildman–Crippen LogP) is -4.52. The molecule has 0 bridgehead atoms. The van der Waals surface area contributed by atoms with Crippen molar-refractivity contribution in [2.24, 2.45) is 5.73 Å². The molecule has 2 fully saturated rings. The Labute approximate surface area is 328 Å². The Bertz CT molecular complexity index is 1730. The summed E-state index contributed by atoms with van der Waals surface area (Å²) < 4.78 is 15.2. The van der Waals surface area contributed by atoms with Crippen LogP contribution in [0.15, 0.2) is 35.5 Å². The largest absolute Gasteiger partial charge is 1.00 e. The molecule has 2 saturated heterocycles. The van der Waals surface area contributed by atoms with Gasteiger partial charge in [-0.15, -0.1) is 11.8 Å². The van der Waals surface area contributed by atoms with Gasteiger partial charge in [0, 0.05) is 50.7 Å². The Hall–Kier alpha value is -4.74. The summed E-state index contributed by atoms with van der Waals surface area (Å²) in [7, 11) is 1.10. The summed E-state index contributed by atoms with van der Waals surface area (Å²) in [5.74, 6) is -7.69. The number of urea groups is 1. The van der Waals surface area contributed by atoms with Crippen LogP contribution in [0.1, 0.15) is 26.9 Å². The maximum absolute atomic E-state index is 14.0. The van der Waals surface area contributed by atoms with Gasteiger partial charge in [-0.05, 0) is 24.6 Å². The smallest absolute Gasteiger partial charge is 1.00 e. The van der Waals surface area contributed by atoms with Gasteiger partial charge in [0.05, 0.1) is 0 Å². The summed E-state index contributed by atoms with van der Waals surface area (Å²) in [6.07, 6.45) is -1.05. The molecule has 3 aliphatic rings. The number of carboxylic acid groups (broad SMARTS) is 2. The third-order valence-electron chi connectivity index (χ3n) is 8.06. The van der Waals surface area contributed by atoms with Crippen molar-refractivity contribution in [3.63, 3.8) is 0 Å². The number of carboxylic acids is 2. The molecule has 0 unspecified atom stereocenters. The van der Waals surface area contributed by atoms with Crippen LogP contribution in [0.4, 0.5) is 15.3 Å². The first-order valence-electron chi connectivity index (χ1n) is 15.4. The van der Waals surface area contributed by atoms with Gasteiger partial charge in [0.2, 0.25) is 5.91 Å². The summed E-state index contributed by atoms with van der Waals surface area (Å²) in [5.41, 5.74) is 3.01. The van der Waals surface area contributed by atoms with E-state index in [0.29, 0.717) is 4.90 Å². The first kappa shape index (κ1) is 42.7. The zero-order chi connectivity index (χ0) is 38.5.